The Hall–Kier alpha value is -4.80. The number of nitrogens with zero attached hydrogens (tertiary/aromatic N) is 8. The van der Waals surface area contributed by atoms with Gasteiger partial charge in [-0.3, -0.25) is 9.25 Å². The predicted molar refractivity (Wildman–Crippen MR) is 144 cm³/mol. The highest BCUT2D eigenvalue weighted by Gasteiger charge is 2.38. The average Bonchev–Trinajstić information content (AvgIpc) is 3.63. The molecule has 0 saturated heterocycles. The first kappa shape index (κ1) is 25.5. The van der Waals surface area contributed by atoms with E-state index in [1.54, 1.807) is 10.7 Å². The maximum Gasteiger partial charge on any atom is 0.271 e. The molecular formula is C29H25F3N8. The molecule has 6 rings (SSSR count). The second-order valence-electron chi connectivity index (χ2n) is 9.93. The molecule has 0 aliphatic heterocycles. The highest BCUT2D eigenvalue weighted by atomic mass is 19.3. The van der Waals surface area contributed by atoms with Gasteiger partial charge in [0.2, 0.25) is 0 Å². The topological polar surface area (TPSA) is 78.7 Å². The Kier molecular flexibility index (Phi) is 6.01. The number of rotatable bonds is 6. The zero-order chi connectivity index (χ0) is 28.2. The average molecular weight is 543 g/mol. The summed E-state index contributed by atoms with van der Waals surface area (Å²) in [7, 11) is 0. The number of aromatic nitrogens is 8. The van der Waals surface area contributed by atoms with Crippen LogP contribution in [0.4, 0.5) is 13.2 Å². The van der Waals surface area contributed by atoms with Crippen molar-refractivity contribution in [2.75, 3.05) is 0 Å². The van der Waals surface area contributed by atoms with E-state index in [4.69, 9.17) is 9.97 Å². The molecule has 0 aliphatic rings. The summed E-state index contributed by atoms with van der Waals surface area (Å²) in [6, 6.07) is 11.4. The van der Waals surface area contributed by atoms with Crippen LogP contribution in [-0.2, 0) is 0 Å². The van der Waals surface area contributed by atoms with E-state index in [1.165, 1.54) is 29.2 Å². The first-order chi connectivity index (χ1) is 19.1. The van der Waals surface area contributed by atoms with Gasteiger partial charge in [-0.2, -0.15) is 10.1 Å². The lowest BCUT2D eigenvalue weighted by Gasteiger charge is -2.24. The maximum absolute atomic E-state index is 14.7. The Labute approximate surface area is 227 Å². The van der Waals surface area contributed by atoms with E-state index >= 15 is 0 Å². The summed E-state index contributed by atoms with van der Waals surface area (Å²) in [5.74, 6) is -2.75. The number of fused-ring (bicyclic) bond motifs is 1. The van der Waals surface area contributed by atoms with Gasteiger partial charge in [0.05, 0.1) is 17.5 Å². The second-order valence-corrected chi connectivity index (χ2v) is 9.93. The molecule has 1 atom stereocenters. The highest BCUT2D eigenvalue weighted by molar-refractivity contribution is 5.69. The van der Waals surface area contributed by atoms with Crippen molar-refractivity contribution < 1.29 is 13.2 Å². The van der Waals surface area contributed by atoms with Gasteiger partial charge >= 0.3 is 0 Å². The summed E-state index contributed by atoms with van der Waals surface area (Å²) in [5.41, 5.74) is 5.75. The Bertz CT molecular complexity index is 1820. The van der Waals surface area contributed by atoms with Crippen molar-refractivity contribution in [1.82, 2.24) is 38.9 Å². The van der Waals surface area contributed by atoms with Crippen molar-refractivity contribution in [3.8, 4) is 28.6 Å². The first-order valence-electron chi connectivity index (χ1n) is 12.6. The molecule has 0 aliphatic carbocycles. The number of alkyl halides is 2. The van der Waals surface area contributed by atoms with E-state index in [2.05, 4.69) is 15.2 Å². The van der Waals surface area contributed by atoms with Crippen LogP contribution in [0.1, 0.15) is 35.5 Å². The van der Waals surface area contributed by atoms with Gasteiger partial charge in [0.25, 0.3) is 11.9 Å². The predicted octanol–water partition coefficient (Wildman–Crippen LogP) is 6.15. The lowest BCUT2D eigenvalue weighted by molar-refractivity contribution is -0.0217. The molecule has 8 nitrogen and oxygen atoms in total. The van der Waals surface area contributed by atoms with Gasteiger partial charge in [0.1, 0.15) is 11.9 Å². The summed E-state index contributed by atoms with van der Waals surface area (Å²) in [5, 5.41) is 8.81. The number of pyridine rings is 1. The van der Waals surface area contributed by atoms with Crippen molar-refractivity contribution in [2.45, 2.75) is 39.7 Å². The van der Waals surface area contributed by atoms with Crippen LogP contribution in [0.3, 0.4) is 0 Å². The molecule has 202 valence electrons. The molecular weight excluding hydrogens is 517 g/mol. The smallest absolute Gasteiger partial charge is 0.271 e. The molecule has 5 heterocycles. The number of halogens is 3. The molecule has 0 amide bonds. The van der Waals surface area contributed by atoms with Crippen molar-refractivity contribution in [3.05, 3.63) is 102 Å². The van der Waals surface area contributed by atoms with Crippen molar-refractivity contribution >= 4 is 5.65 Å². The monoisotopic (exact) mass is 542 g/mol. The number of hydrogen-bond donors (Lipinski definition) is 0. The van der Waals surface area contributed by atoms with Gasteiger partial charge in [0, 0.05) is 42.5 Å². The fourth-order valence-corrected chi connectivity index (χ4v) is 4.89. The zero-order valence-electron chi connectivity index (χ0n) is 22.2. The fourth-order valence-electron chi connectivity index (χ4n) is 4.89. The molecule has 40 heavy (non-hydrogen) atoms. The molecule has 0 saturated carbocycles. The third-order valence-corrected chi connectivity index (χ3v) is 6.83. The largest absolute Gasteiger partial charge is 0.286 e. The Balaban J connectivity index is 1.36. The quantitative estimate of drug-likeness (QED) is 0.252. The van der Waals surface area contributed by atoms with Crippen LogP contribution in [-0.4, -0.2) is 44.8 Å². The summed E-state index contributed by atoms with van der Waals surface area (Å²) < 4.78 is 47.6. The fraction of sp³-hybridized carbons (Fsp3) is 0.207. The van der Waals surface area contributed by atoms with Gasteiger partial charge in [-0.1, -0.05) is 12.1 Å². The lowest BCUT2D eigenvalue weighted by atomic mass is 10.0. The Morgan fingerprint density at radius 2 is 1.60 bits per heavy atom. The van der Waals surface area contributed by atoms with E-state index < -0.39 is 17.8 Å². The molecule has 0 bridgehead atoms. The third kappa shape index (κ3) is 4.53. The molecule has 1 aromatic carbocycles. The molecule has 11 heteroatoms. The Morgan fingerprint density at radius 1 is 0.875 bits per heavy atom. The second kappa shape index (κ2) is 9.44. The molecule has 0 spiro atoms. The molecule has 0 radical (unpaired) electrons. The summed E-state index contributed by atoms with van der Waals surface area (Å²) >= 11 is 0. The normalized spacial score (nSPS) is 12.8. The summed E-state index contributed by atoms with van der Waals surface area (Å²) in [6.07, 6.45) is 6.44. The van der Waals surface area contributed by atoms with Gasteiger partial charge in [-0.25, -0.2) is 27.7 Å². The molecule has 0 N–H and O–H groups in total. The third-order valence-electron chi connectivity index (χ3n) is 6.83. The summed E-state index contributed by atoms with van der Waals surface area (Å²) in [6.45, 7) is 6.72. The van der Waals surface area contributed by atoms with Crippen molar-refractivity contribution in [2.24, 2.45) is 0 Å². The van der Waals surface area contributed by atoms with E-state index in [-0.39, 0.29) is 5.56 Å². The van der Waals surface area contributed by atoms with Gasteiger partial charge in [-0.05, 0) is 68.3 Å². The van der Waals surface area contributed by atoms with Crippen LogP contribution in [0.15, 0.2) is 73.3 Å². The number of aryl methyl sites for hydroxylation is 3. The van der Waals surface area contributed by atoms with Crippen LogP contribution in [0, 0.1) is 26.6 Å². The van der Waals surface area contributed by atoms with E-state index in [1.807, 2.05) is 55.8 Å². The van der Waals surface area contributed by atoms with E-state index in [9.17, 15) is 13.2 Å². The standard InChI is InChI=1S/C29H25F3N8/c1-17-14-33-27(22-15-34-39(16-22)26(29(4,31)32)20-7-9-23(30)10-8-20)36-25(17)21-11-12-38-24(13-21)35-28(37-38)40-18(2)5-6-19(40)3/h5-16,26H,1-4H3/t26-/m1/s1. The van der Waals surface area contributed by atoms with Crippen LogP contribution < -0.4 is 0 Å². The summed E-state index contributed by atoms with van der Waals surface area (Å²) in [4.78, 5) is 13.9. The molecule has 5 aromatic heterocycles. The number of hydrogen-bond acceptors (Lipinski definition) is 5. The zero-order valence-corrected chi connectivity index (χ0v) is 22.2. The van der Waals surface area contributed by atoms with Crippen LogP contribution >= 0.6 is 0 Å². The molecule has 0 fully saturated rings. The minimum atomic E-state index is -3.16. The minimum absolute atomic E-state index is 0.236. The Morgan fingerprint density at radius 3 is 2.30 bits per heavy atom. The first-order valence-corrected chi connectivity index (χ1v) is 12.6. The maximum atomic E-state index is 14.7. The van der Waals surface area contributed by atoms with Gasteiger partial charge < -0.3 is 0 Å². The van der Waals surface area contributed by atoms with Crippen LogP contribution in [0.5, 0.6) is 0 Å². The molecule has 6 aromatic rings. The van der Waals surface area contributed by atoms with Crippen LogP contribution in [0.2, 0.25) is 0 Å². The minimum Gasteiger partial charge on any atom is -0.286 e. The SMILES string of the molecule is Cc1cnc(-c2cnn([C@H](c3ccc(F)cc3)C(C)(F)F)c2)nc1-c1ccn2nc(-n3c(C)ccc3C)nc2c1. The highest BCUT2D eigenvalue weighted by Crippen LogP contribution is 2.35. The number of benzene rings is 1. The van der Waals surface area contributed by atoms with Gasteiger partial charge in [0.15, 0.2) is 11.5 Å². The van der Waals surface area contributed by atoms with Crippen molar-refractivity contribution in [1.29, 1.82) is 0 Å². The van der Waals surface area contributed by atoms with E-state index in [0.717, 1.165) is 41.6 Å². The van der Waals surface area contributed by atoms with Crippen molar-refractivity contribution in [3.63, 3.8) is 0 Å². The van der Waals surface area contributed by atoms with E-state index in [0.29, 0.717) is 28.7 Å². The lowest BCUT2D eigenvalue weighted by Crippen LogP contribution is -2.29. The molecule has 0 unspecified atom stereocenters. The van der Waals surface area contributed by atoms with Crippen LogP contribution in [0.25, 0.3) is 34.2 Å². The van der Waals surface area contributed by atoms with Gasteiger partial charge in [-0.15, -0.1) is 5.10 Å².